The molecule has 0 saturated carbocycles. The van der Waals surface area contributed by atoms with Crippen molar-refractivity contribution in [3.8, 4) is 40.6 Å². The molecule has 13 heteroatoms. The Morgan fingerprint density at radius 1 is 0.480 bits per heavy atom. The van der Waals surface area contributed by atoms with Crippen molar-refractivity contribution in [3.63, 3.8) is 0 Å². The molecule has 2 atom stereocenters. The Hall–Kier alpha value is -5.38. The zero-order chi connectivity index (χ0) is 34.0. The lowest BCUT2D eigenvalue weighted by Gasteiger charge is -2.43. The molecular weight excluding hydrogens is 689 g/mol. The number of para-hydroxylation sites is 5. The number of nitriles is 1. The van der Waals surface area contributed by atoms with E-state index in [2.05, 4.69) is 6.07 Å². The third kappa shape index (κ3) is 8.07. The lowest BCUT2D eigenvalue weighted by Crippen LogP contribution is -2.37. The first-order valence-corrected chi connectivity index (χ1v) is 19.2. The highest BCUT2D eigenvalue weighted by atomic mass is 31.3. The molecule has 6 aromatic carbocycles. The van der Waals surface area contributed by atoms with Crippen LogP contribution in [0, 0.1) is 11.3 Å². The molecule has 50 heavy (non-hydrogen) atoms. The fourth-order valence-corrected chi connectivity index (χ4v) is 11.9. The predicted molar refractivity (Wildman–Crippen MR) is 194 cm³/mol. The Morgan fingerprint density at radius 3 is 1.38 bits per heavy atom. The fourth-order valence-electron chi connectivity index (χ4n) is 4.45. The summed E-state index contributed by atoms with van der Waals surface area (Å²) in [6.45, 7) is 0. The van der Waals surface area contributed by atoms with Crippen molar-refractivity contribution in [2.75, 3.05) is 0 Å². The van der Waals surface area contributed by atoms with Crippen molar-refractivity contribution in [3.05, 3.63) is 181 Å². The van der Waals surface area contributed by atoms with Gasteiger partial charge in [0.1, 0.15) is 34.5 Å². The summed E-state index contributed by atoms with van der Waals surface area (Å²) in [5.41, 5.74) is 0.472. The molecule has 1 aliphatic rings. The number of rotatable bonds is 12. The average Bonchev–Trinajstić information content (AvgIpc) is 3.17. The summed E-state index contributed by atoms with van der Waals surface area (Å²) in [5, 5.41) is 9.49. The van der Waals surface area contributed by atoms with E-state index in [9.17, 15) is 5.26 Å². The van der Waals surface area contributed by atoms with Crippen LogP contribution in [0.2, 0.25) is 0 Å². The van der Waals surface area contributed by atoms with Crippen molar-refractivity contribution >= 4 is 24.6 Å². The third-order valence-electron chi connectivity index (χ3n) is 6.74. The molecule has 0 saturated heterocycles. The summed E-state index contributed by atoms with van der Waals surface area (Å²) in [6, 6.07) is 55.3. The predicted octanol–water partition coefficient (Wildman–Crippen LogP) is 11.2. The molecule has 7 rings (SSSR count). The van der Waals surface area contributed by atoms with Gasteiger partial charge in [0, 0.05) is 9.21 Å². The maximum atomic E-state index is 9.49. The van der Waals surface area contributed by atoms with Crippen LogP contribution in [0.5, 0.6) is 34.5 Å². The molecule has 10 nitrogen and oxygen atoms in total. The number of hydrogen-bond donors (Lipinski definition) is 0. The Bertz CT molecular complexity index is 2020. The molecular formula is C37H29N4O6P3. The van der Waals surface area contributed by atoms with Gasteiger partial charge < -0.3 is 27.8 Å². The first kappa shape index (κ1) is 33.1. The zero-order valence-corrected chi connectivity index (χ0v) is 29.0. The van der Waals surface area contributed by atoms with Crippen LogP contribution in [0.4, 0.5) is 0 Å². The number of nitrogens with zero attached hydrogens (tertiary/aromatic N) is 4. The molecule has 0 N–H and O–H groups in total. The summed E-state index contributed by atoms with van der Waals surface area (Å²) in [4.78, 5) is 13.3. The van der Waals surface area contributed by atoms with E-state index in [1.807, 2.05) is 152 Å². The van der Waals surface area contributed by atoms with Crippen LogP contribution >= 0.6 is 24.6 Å². The van der Waals surface area contributed by atoms with Crippen LogP contribution < -0.4 is 27.8 Å². The van der Waals surface area contributed by atoms with E-state index in [0.29, 0.717) is 40.1 Å². The van der Waals surface area contributed by atoms with Crippen LogP contribution in [0.1, 0.15) is 5.56 Å². The maximum Gasteiger partial charge on any atom is 0.447 e. The summed E-state index contributed by atoms with van der Waals surface area (Å²) < 4.78 is 35.6. The SMILES string of the molecule is N#Cc1ccc(ON2P(Oc3ccccc3)N(Oc3ccccc3)P(Oc3ccccc3)N=P2(Oc2ccccc2)Oc2ccccc2)cc1. The van der Waals surface area contributed by atoms with Crippen LogP contribution in [-0.2, 0) is 0 Å². The molecule has 0 bridgehead atoms. The molecule has 0 amide bonds. The van der Waals surface area contributed by atoms with Gasteiger partial charge in [-0.2, -0.15) is 5.26 Å². The normalized spacial score (nSPS) is 16.9. The van der Waals surface area contributed by atoms with Gasteiger partial charge in [-0.15, -0.1) is 4.52 Å². The van der Waals surface area contributed by atoms with E-state index in [1.165, 1.54) is 4.60 Å². The molecule has 1 heterocycles. The lowest BCUT2D eigenvalue weighted by atomic mass is 10.2. The van der Waals surface area contributed by atoms with Crippen molar-refractivity contribution in [1.82, 2.24) is 9.21 Å². The Morgan fingerprint density at radius 2 is 0.900 bits per heavy atom. The molecule has 0 aliphatic carbocycles. The van der Waals surface area contributed by atoms with E-state index in [0.717, 1.165) is 0 Å². The zero-order valence-electron chi connectivity index (χ0n) is 26.3. The van der Waals surface area contributed by atoms with E-state index in [-0.39, 0.29) is 0 Å². The van der Waals surface area contributed by atoms with E-state index >= 15 is 0 Å². The van der Waals surface area contributed by atoms with E-state index in [4.69, 9.17) is 32.3 Å². The largest absolute Gasteiger partial charge is 0.447 e. The van der Waals surface area contributed by atoms with E-state index in [1.54, 1.807) is 28.9 Å². The lowest BCUT2D eigenvalue weighted by molar-refractivity contribution is 0.0545. The second kappa shape index (κ2) is 15.9. The second-order valence-electron chi connectivity index (χ2n) is 10.3. The first-order valence-electron chi connectivity index (χ1n) is 15.4. The summed E-state index contributed by atoms with van der Waals surface area (Å²) >= 11 is 0. The summed E-state index contributed by atoms with van der Waals surface area (Å²) in [5.74, 6) is 2.95. The van der Waals surface area contributed by atoms with E-state index < -0.39 is 24.6 Å². The van der Waals surface area contributed by atoms with Gasteiger partial charge in [0.05, 0.1) is 11.6 Å². The minimum atomic E-state index is -3.80. The first-order chi connectivity index (χ1) is 24.7. The molecule has 1 aliphatic heterocycles. The second-order valence-corrected chi connectivity index (χ2v) is 15.9. The molecule has 2 unspecified atom stereocenters. The minimum Gasteiger partial charge on any atom is -0.440 e. The smallest absolute Gasteiger partial charge is 0.440 e. The maximum absolute atomic E-state index is 9.49. The van der Waals surface area contributed by atoms with Gasteiger partial charge in [-0.3, -0.25) is 0 Å². The molecule has 0 spiro atoms. The fraction of sp³-hybridized carbons (Fsp3) is 0. The van der Waals surface area contributed by atoms with Crippen molar-refractivity contribution in [2.24, 2.45) is 4.52 Å². The quantitative estimate of drug-likeness (QED) is 0.115. The highest BCUT2D eigenvalue weighted by Crippen LogP contribution is 2.77. The molecule has 248 valence electrons. The standard InChI is InChI=1S/C37H29N4O6P3/c38-30-31-26-28-33(29-27-31)43-41-49(45-35-20-10-3-11-21-35)40(42-32-16-6-1-7-17-32)48(44-34-18-8-2-9-19-34)39-50(41,46-36-22-12-4-13-23-36)47-37-24-14-5-15-25-37/h1-29H. The van der Waals surface area contributed by atoms with Gasteiger partial charge in [0.2, 0.25) is 0 Å². The monoisotopic (exact) mass is 718 g/mol. The Kier molecular flexibility index (Phi) is 10.5. The topological polar surface area (TPSA) is 98.0 Å². The molecule has 6 aromatic rings. The van der Waals surface area contributed by atoms with Crippen LogP contribution in [0.15, 0.2) is 180 Å². The minimum absolute atomic E-state index is 0.385. The van der Waals surface area contributed by atoms with Crippen molar-refractivity contribution < 1.29 is 27.8 Å². The Balaban J connectivity index is 1.47. The van der Waals surface area contributed by atoms with Gasteiger partial charge in [0.15, 0.2) is 0 Å². The number of hydrogen-bond acceptors (Lipinski definition) is 10. The highest BCUT2D eigenvalue weighted by molar-refractivity contribution is 7.78. The van der Waals surface area contributed by atoms with Crippen LogP contribution in [0.25, 0.3) is 0 Å². The van der Waals surface area contributed by atoms with Crippen molar-refractivity contribution in [2.45, 2.75) is 0 Å². The van der Waals surface area contributed by atoms with Gasteiger partial charge in [-0.25, -0.2) is 0 Å². The molecule has 0 radical (unpaired) electrons. The van der Waals surface area contributed by atoms with Crippen LogP contribution in [-0.4, -0.2) is 9.21 Å². The molecule has 0 aromatic heterocycles. The third-order valence-corrected chi connectivity index (χ3v) is 13.6. The van der Waals surface area contributed by atoms with Gasteiger partial charge in [-0.1, -0.05) is 91.0 Å². The van der Waals surface area contributed by atoms with Crippen molar-refractivity contribution in [1.29, 1.82) is 5.26 Å². The molecule has 0 fully saturated rings. The van der Waals surface area contributed by atoms with Gasteiger partial charge in [-0.05, 0) is 84.9 Å². The Labute approximate surface area is 292 Å². The van der Waals surface area contributed by atoms with Crippen LogP contribution in [0.3, 0.4) is 0 Å². The number of benzene rings is 6. The highest BCUT2D eigenvalue weighted by Gasteiger charge is 2.58. The van der Waals surface area contributed by atoms with Gasteiger partial charge >= 0.3 is 24.6 Å². The summed E-state index contributed by atoms with van der Waals surface area (Å²) in [7, 11) is -8.07. The van der Waals surface area contributed by atoms with Gasteiger partial charge in [0.25, 0.3) is 0 Å². The average molecular weight is 719 g/mol. The summed E-state index contributed by atoms with van der Waals surface area (Å²) in [6.07, 6.45) is 0.